The van der Waals surface area contributed by atoms with E-state index >= 15 is 0 Å². The zero-order chi connectivity index (χ0) is 15.0. The summed E-state index contributed by atoms with van der Waals surface area (Å²) in [6.07, 6.45) is 3.43. The van der Waals surface area contributed by atoms with Crippen LogP contribution in [-0.2, 0) is 6.54 Å². The third kappa shape index (κ3) is 5.90. The molecule has 20 heavy (non-hydrogen) atoms. The largest absolute Gasteiger partial charge is 0.491 e. The lowest BCUT2D eigenvalue weighted by Gasteiger charge is -2.17. The van der Waals surface area contributed by atoms with Crippen molar-refractivity contribution in [3.05, 3.63) is 27.7 Å². The number of ether oxygens (including phenoxy) is 1. The highest BCUT2D eigenvalue weighted by Crippen LogP contribution is 2.33. The van der Waals surface area contributed by atoms with E-state index in [1.807, 2.05) is 6.07 Å². The summed E-state index contributed by atoms with van der Waals surface area (Å²) in [5.41, 5.74) is 1.03. The second-order valence-electron chi connectivity index (χ2n) is 5.26. The first-order valence-corrected chi connectivity index (χ1v) is 8.15. The SMILES string of the molecule is CCCNCc1cc(Cl)cc(Cl)c1OCC(C)CCC. The summed E-state index contributed by atoms with van der Waals surface area (Å²) >= 11 is 12.4. The average Bonchev–Trinajstić information content (AvgIpc) is 2.38. The molecule has 0 aliphatic carbocycles. The number of hydrogen-bond acceptors (Lipinski definition) is 2. The molecule has 0 aromatic heterocycles. The Hall–Kier alpha value is -0.440. The fraction of sp³-hybridized carbons (Fsp3) is 0.625. The van der Waals surface area contributed by atoms with Gasteiger partial charge in [-0.3, -0.25) is 0 Å². The van der Waals surface area contributed by atoms with E-state index < -0.39 is 0 Å². The van der Waals surface area contributed by atoms with Gasteiger partial charge < -0.3 is 10.1 Å². The number of hydrogen-bond donors (Lipinski definition) is 1. The van der Waals surface area contributed by atoms with Crippen LogP contribution in [0.3, 0.4) is 0 Å². The van der Waals surface area contributed by atoms with E-state index in [1.54, 1.807) is 6.07 Å². The van der Waals surface area contributed by atoms with Gasteiger partial charge in [0.15, 0.2) is 0 Å². The van der Waals surface area contributed by atoms with Crippen molar-refractivity contribution in [2.45, 2.75) is 46.6 Å². The van der Waals surface area contributed by atoms with Crippen LogP contribution in [0.5, 0.6) is 5.75 Å². The molecule has 1 atom stereocenters. The molecule has 1 aromatic rings. The second kappa shape index (κ2) is 9.49. The van der Waals surface area contributed by atoms with Crippen molar-refractivity contribution in [1.29, 1.82) is 0 Å². The minimum atomic E-state index is 0.531. The molecule has 0 saturated carbocycles. The Labute approximate surface area is 132 Å². The van der Waals surface area contributed by atoms with Crippen molar-refractivity contribution < 1.29 is 4.74 Å². The van der Waals surface area contributed by atoms with Gasteiger partial charge >= 0.3 is 0 Å². The van der Waals surface area contributed by atoms with Crippen LogP contribution in [0.1, 0.15) is 45.6 Å². The third-order valence-corrected chi connectivity index (χ3v) is 3.62. The van der Waals surface area contributed by atoms with Crippen LogP contribution in [0.25, 0.3) is 0 Å². The molecule has 1 unspecified atom stereocenters. The van der Waals surface area contributed by atoms with Crippen molar-refractivity contribution in [2.75, 3.05) is 13.2 Å². The van der Waals surface area contributed by atoms with Crippen molar-refractivity contribution in [3.8, 4) is 5.75 Å². The molecule has 0 radical (unpaired) electrons. The zero-order valence-corrected chi connectivity index (χ0v) is 14.2. The number of nitrogens with one attached hydrogen (secondary N) is 1. The molecule has 1 aromatic carbocycles. The van der Waals surface area contributed by atoms with Gasteiger partial charge in [-0.1, -0.05) is 50.4 Å². The van der Waals surface area contributed by atoms with Crippen molar-refractivity contribution in [3.63, 3.8) is 0 Å². The molecule has 114 valence electrons. The first-order chi connectivity index (χ1) is 9.58. The molecule has 1 N–H and O–H groups in total. The maximum absolute atomic E-state index is 6.27. The summed E-state index contributed by atoms with van der Waals surface area (Å²) in [5.74, 6) is 1.30. The number of rotatable bonds is 9. The Morgan fingerprint density at radius 1 is 1.20 bits per heavy atom. The molecule has 1 rings (SSSR count). The van der Waals surface area contributed by atoms with E-state index in [9.17, 15) is 0 Å². The summed E-state index contributed by atoms with van der Waals surface area (Å²) in [5, 5.41) is 4.60. The quantitative estimate of drug-likeness (QED) is 0.623. The van der Waals surface area contributed by atoms with Crippen LogP contribution in [-0.4, -0.2) is 13.2 Å². The molecule has 0 aliphatic heterocycles. The Bertz CT molecular complexity index is 410. The Balaban J connectivity index is 2.75. The molecule has 0 aliphatic rings. The fourth-order valence-electron chi connectivity index (χ4n) is 2.11. The first kappa shape index (κ1) is 17.6. The molecule has 0 amide bonds. The Kier molecular flexibility index (Phi) is 8.35. The summed E-state index contributed by atoms with van der Waals surface area (Å²) in [7, 11) is 0. The normalized spacial score (nSPS) is 12.4. The monoisotopic (exact) mass is 317 g/mol. The third-order valence-electron chi connectivity index (χ3n) is 3.12. The maximum atomic E-state index is 6.27. The molecule has 4 heteroatoms. The highest BCUT2D eigenvalue weighted by Gasteiger charge is 2.12. The lowest BCUT2D eigenvalue weighted by Crippen LogP contribution is -2.16. The Morgan fingerprint density at radius 2 is 1.95 bits per heavy atom. The second-order valence-corrected chi connectivity index (χ2v) is 6.10. The standard InChI is InChI=1S/C16H25Cl2NO/c1-4-6-12(3)11-20-16-13(10-19-7-5-2)8-14(17)9-15(16)18/h8-9,12,19H,4-7,10-11H2,1-3H3. The molecule has 0 heterocycles. The molecule has 0 fully saturated rings. The van der Waals surface area contributed by atoms with Crippen LogP contribution >= 0.6 is 23.2 Å². The van der Waals surface area contributed by atoms with E-state index in [4.69, 9.17) is 27.9 Å². The van der Waals surface area contributed by atoms with Gasteiger partial charge in [-0.2, -0.15) is 0 Å². The topological polar surface area (TPSA) is 21.3 Å². The summed E-state index contributed by atoms with van der Waals surface area (Å²) in [6.45, 7) is 8.91. The van der Waals surface area contributed by atoms with E-state index in [2.05, 4.69) is 26.1 Å². The summed E-state index contributed by atoms with van der Waals surface area (Å²) in [4.78, 5) is 0. The van der Waals surface area contributed by atoms with Gasteiger partial charge in [0.2, 0.25) is 0 Å². The van der Waals surface area contributed by atoms with E-state index in [1.165, 1.54) is 6.42 Å². The highest BCUT2D eigenvalue weighted by molar-refractivity contribution is 6.35. The lowest BCUT2D eigenvalue weighted by molar-refractivity contribution is 0.249. The van der Waals surface area contributed by atoms with Crippen LogP contribution in [0, 0.1) is 5.92 Å². The van der Waals surface area contributed by atoms with Gasteiger partial charge in [-0.15, -0.1) is 0 Å². The van der Waals surface area contributed by atoms with Crippen molar-refractivity contribution in [1.82, 2.24) is 5.32 Å². The highest BCUT2D eigenvalue weighted by atomic mass is 35.5. The van der Waals surface area contributed by atoms with Gasteiger partial charge in [0.25, 0.3) is 0 Å². The van der Waals surface area contributed by atoms with Crippen LogP contribution in [0.2, 0.25) is 10.0 Å². The van der Waals surface area contributed by atoms with Crippen LogP contribution < -0.4 is 10.1 Å². The molecular formula is C16H25Cl2NO. The summed E-state index contributed by atoms with van der Waals surface area (Å²) < 4.78 is 5.94. The fourth-order valence-corrected chi connectivity index (χ4v) is 2.70. The van der Waals surface area contributed by atoms with Crippen LogP contribution in [0.4, 0.5) is 0 Å². The first-order valence-electron chi connectivity index (χ1n) is 7.39. The number of halogens is 2. The van der Waals surface area contributed by atoms with E-state index in [0.29, 0.717) is 22.6 Å². The molecule has 2 nitrogen and oxygen atoms in total. The minimum absolute atomic E-state index is 0.531. The summed E-state index contributed by atoms with van der Waals surface area (Å²) in [6, 6.07) is 3.67. The smallest absolute Gasteiger partial charge is 0.142 e. The predicted octanol–water partition coefficient (Wildman–Crippen LogP) is 5.31. The van der Waals surface area contributed by atoms with Crippen LogP contribution in [0.15, 0.2) is 12.1 Å². The molecule has 0 saturated heterocycles. The number of benzene rings is 1. The van der Waals surface area contributed by atoms with Crippen molar-refractivity contribution >= 4 is 23.2 Å². The molecule has 0 bridgehead atoms. The minimum Gasteiger partial charge on any atom is -0.491 e. The van der Waals surface area contributed by atoms with Gasteiger partial charge in [0.05, 0.1) is 11.6 Å². The van der Waals surface area contributed by atoms with Gasteiger partial charge in [-0.25, -0.2) is 0 Å². The van der Waals surface area contributed by atoms with E-state index in [-0.39, 0.29) is 0 Å². The van der Waals surface area contributed by atoms with E-state index in [0.717, 1.165) is 37.2 Å². The van der Waals surface area contributed by atoms with Gasteiger partial charge in [-0.05, 0) is 37.4 Å². The van der Waals surface area contributed by atoms with Crippen molar-refractivity contribution in [2.24, 2.45) is 5.92 Å². The average molecular weight is 318 g/mol. The maximum Gasteiger partial charge on any atom is 0.142 e. The predicted molar refractivity (Wildman–Crippen MR) is 88.0 cm³/mol. The van der Waals surface area contributed by atoms with Gasteiger partial charge in [0, 0.05) is 17.1 Å². The lowest BCUT2D eigenvalue weighted by atomic mass is 10.1. The zero-order valence-electron chi connectivity index (χ0n) is 12.6. The van der Waals surface area contributed by atoms with Gasteiger partial charge in [0.1, 0.15) is 5.75 Å². The molecule has 0 spiro atoms. The molecular weight excluding hydrogens is 293 g/mol. The Morgan fingerprint density at radius 3 is 2.60 bits per heavy atom.